The van der Waals surface area contributed by atoms with Crippen LogP contribution in [0.25, 0.3) is 0 Å². The molecular weight excluding hydrogens is 186 g/mol. The van der Waals surface area contributed by atoms with Crippen LogP contribution >= 0.6 is 0 Å². The zero-order valence-corrected chi connectivity index (χ0v) is 7.69. The molecule has 0 saturated heterocycles. The second-order valence-electron chi connectivity index (χ2n) is 3.73. The molecule has 76 valence electrons. The van der Waals surface area contributed by atoms with Gasteiger partial charge in [-0.25, -0.2) is 8.78 Å². The second kappa shape index (κ2) is 3.20. The van der Waals surface area contributed by atoms with E-state index in [1.165, 1.54) is 6.07 Å². The van der Waals surface area contributed by atoms with Gasteiger partial charge in [0, 0.05) is 6.04 Å². The van der Waals surface area contributed by atoms with Gasteiger partial charge in [-0.1, -0.05) is 0 Å². The molecule has 14 heavy (non-hydrogen) atoms. The van der Waals surface area contributed by atoms with Crippen molar-refractivity contribution in [3.63, 3.8) is 0 Å². The molecular formula is C10H12F2N2. The number of hydrogen-bond donors (Lipinski definition) is 2. The van der Waals surface area contributed by atoms with Crippen molar-refractivity contribution < 1.29 is 8.78 Å². The highest BCUT2D eigenvalue weighted by Crippen LogP contribution is 2.28. The maximum atomic E-state index is 13.5. The van der Waals surface area contributed by atoms with Crippen LogP contribution in [0.3, 0.4) is 0 Å². The van der Waals surface area contributed by atoms with E-state index >= 15 is 0 Å². The van der Waals surface area contributed by atoms with E-state index < -0.39 is 11.6 Å². The Bertz CT molecular complexity index is 377. The number of rotatable bonds is 0. The molecule has 1 aliphatic carbocycles. The fraction of sp³-hybridized carbons (Fsp3) is 0.400. The molecule has 0 unspecified atom stereocenters. The number of hydrogen-bond acceptors (Lipinski definition) is 2. The average molecular weight is 198 g/mol. The molecule has 0 radical (unpaired) electrons. The fourth-order valence-electron chi connectivity index (χ4n) is 1.89. The first kappa shape index (κ1) is 9.40. The molecule has 0 aliphatic heterocycles. The third kappa shape index (κ3) is 1.35. The quantitative estimate of drug-likeness (QED) is 0.618. The molecule has 2 rings (SSSR count). The monoisotopic (exact) mass is 198 g/mol. The first-order valence-electron chi connectivity index (χ1n) is 4.60. The van der Waals surface area contributed by atoms with Gasteiger partial charge in [-0.15, -0.1) is 0 Å². The largest absolute Gasteiger partial charge is 0.394 e. The van der Waals surface area contributed by atoms with E-state index in [2.05, 4.69) is 0 Å². The van der Waals surface area contributed by atoms with Crippen molar-refractivity contribution in [1.82, 2.24) is 0 Å². The van der Waals surface area contributed by atoms with Gasteiger partial charge in [0.2, 0.25) is 0 Å². The Morgan fingerprint density at radius 1 is 1.36 bits per heavy atom. The van der Waals surface area contributed by atoms with Crippen LogP contribution in [0.2, 0.25) is 0 Å². The third-order valence-corrected chi connectivity index (χ3v) is 2.69. The van der Waals surface area contributed by atoms with Crippen molar-refractivity contribution in [1.29, 1.82) is 0 Å². The number of fused-ring (bicyclic) bond motifs is 1. The van der Waals surface area contributed by atoms with Crippen LogP contribution < -0.4 is 11.5 Å². The van der Waals surface area contributed by atoms with Gasteiger partial charge < -0.3 is 11.5 Å². The molecule has 1 atom stereocenters. The summed E-state index contributed by atoms with van der Waals surface area (Å²) in [5.74, 6) is -1.29. The predicted molar refractivity (Wildman–Crippen MR) is 50.8 cm³/mol. The second-order valence-corrected chi connectivity index (χ2v) is 3.73. The van der Waals surface area contributed by atoms with Crippen LogP contribution in [0.5, 0.6) is 0 Å². The number of nitrogen functional groups attached to an aromatic ring is 1. The summed E-state index contributed by atoms with van der Waals surface area (Å²) in [6.45, 7) is 0. The highest BCUT2D eigenvalue weighted by Gasteiger charge is 2.22. The van der Waals surface area contributed by atoms with E-state index in [0.29, 0.717) is 24.0 Å². The van der Waals surface area contributed by atoms with Crippen molar-refractivity contribution in [2.24, 2.45) is 5.73 Å². The van der Waals surface area contributed by atoms with E-state index in [1.54, 1.807) is 0 Å². The van der Waals surface area contributed by atoms with E-state index in [4.69, 9.17) is 11.5 Å². The Morgan fingerprint density at radius 3 is 2.79 bits per heavy atom. The van der Waals surface area contributed by atoms with Gasteiger partial charge in [-0.2, -0.15) is 0 Å². The van der Waals surface area contributed by atoms with Gasteiger partial charge in [-0.3, -0.25) is 0 Å². The number of benzene rings is 1. The van der Waals surface area contributed by atoms with Gasteiger partial charge in [-0.05, 0) is 36.5 Å². The normalized spacial score (nSPS) is 20.6. The van der Waals surface area contributed by atoms with Gasteiger partial charge in [0.05, 0.1) is 0 Å². The SMILES string of the molecule is Nc1c(F)cc2c(c1F)CC[C@H](N)C2. The Kier molecular flexibility index (Phi) is 2.15. The molecule has 0 amide bonds. The summed E-state index contributed by atoms with van der Waals surface area (Å²) in [4.78, 5) is 0. The Labute approximate surface area is 80.9 Å². The molecule has 1 aromatic rings. The zero-order valence-electron chi connectivity index (χ0n) is 7.69. The molecule has 4 N–H and O–H groups in total. The number of halogens is 2. The molecule has 0 fully saturated rings. The van der Waals surface area contributed by atoms with Gasteiger partial charge in [0.1, 0.15) is 11.5 Å². The van der Waals surface area contributed by atoms with E-state index in [9.17, 15) is 8.78 Å². The first-order chi connectivity index (χ1) is 6.59. The topological polar surface area (TPSA) is 52.0 Å². The molecule has 1 aromatic carbocycles. The lowest BCUT2D eigenvalue weighted by molar-refractivity contribution is 0.525. The Morgan fingerprint density at radius 2 is 2.07 bits per heavy atom. The van der Waals surface area contributed by atoms with Crippen molar-refractivity contribution in [3.8, 4) is 0 Å². The standard InChI is InChI=1S/C10H12F2N2/c11-8-4-5-3-6(13)1-2-7(5)9(12)10(8)14/h4,6H,1-3,13-14H2/t6-/m0/s1. The maximum Gasteiger partial charge on any atom is 0.152 e. The molecule has 4 heteroatoms. The van der Waals surface area contributed by atoms with E-state index in [1.807, 2.05) is 0 Å². The number of anilines is 1. The minimum atomic E-state index is -0.685. The van der Waals surface area contributed by atoms with Gasteiger partial charge >= 0.3 is 0 Å². The molecule has 0 bridgehead atoms. The maximum absolute atomic E-state index is 13.5. The highest BCUT2D eigenvalue weighted by molar-refractivity contribution is 5.49. The van der Waals surface area contributed by atoms with E-state index in [0.717, 1.165) is 6.42 Å². The minimum absolute atomic E-state index is 0.00456. The first-order valence-corrected chi connectivity index (χ1v) is 4.60. The van der Waals surface area contributed by atoms with E-state index in [-0.39, 0.29) is 11.7 Å². The van der Waals surface area contributed by atoms with Crippen LogP contribution in [0.15, 0.2) is 6.07 Å². The van der Waals surface area contributed by atoms with Gasteiger partial charge in [0.25, 0.3) is 0 Å². The highest BCUT2D eigenvalue weighted by atomic mass is 19.1. The van der Waals surface area contributed by atoms with Gasteiger partial charge in [0.15, 0.2) is 5.82 Å². The Balaban J connectivity index is 2.54. The minimum Gasteiger partial charge on any atom is -0.394 e. The lowest BCUT2D eigenvalue weighted by atomic mass is 9.88. The molecule has 0 spiro atoms. The molecule has 0 heterocycles. The van der Waals surface area contributed by atoms with Crippen molar-refractivity contribution in [2.75, 3.05) is 5.73 Å². The zero-order chi connectivity index (χ0) is 10.3. The lowest BCUT2D eigenvalue weighted by Gasteiger charge is -2.22. The smallest absolute Gasteiger partial charge is 0.152 e. The summed E-state index contributed by atoms with van der Waals surface area (Å²) in [5, 5.41) is 0. The summed E-state index contributed by atoms with van der Waals surface area (Å²) in [6.07, 6.45) is 1.81. The van der Waals surface area contributed by atoms with Crippen LogP contribution in [0.1, 0.15) is 17.5 Å². The molecule has 2 nitrogen and oxygen atoms in total. The number of nitrogens with two attached hydrogens (primary N) is 2. The Hall–Kier alpha value is -1.16. The van der Waals surface area contributed by atoms with Crippen LogP contribution in [0, 0.1) is 11.6 Å². The summed E-state index contributed by atoms with van der Waals surface area (Å²) in [5.41, 5.74) is 11.8. The van der Waals surface area contributed by atoms with Crippen molar-refractivity contribution >= 4 is 5.69 Å². The average Bonchev–Trinajstić information content (AvgIpc) is 2.14. The third-order valence-electron chi connectivity index (χ3n) is 2.69. The molecule has 1 aliphatic rings. The fourth-order valence-corrected chi connectivity index (χ4v) is 1.89. The summed E-state index contributed by atoms with van der Waals surface area (Å²) in [6, 6.07) is 1.30. The molecule has 0 saturated carbocycles. The predicted octanol–water partition coefficient (Wildman–Crippen LogP) is 1.36. The van der Waals surface area contributed by atoms with Crippen molar-refractivity contribution in [3.05, 3.63) is 28.8 Å². The van der Waals surface area contributed by atoms with Crippen LogP contribution in [0.4, 0.5) is 14.5 Å². The van der Waals surface area contributed by atoms with Crippen molar-refractivity contribution in [2.45, 2.75) is 25.3 Å². The summed E-state index contributed by atoms with van der Waals surface area (Å²) in [7, 11) is 0. The van der Waals surface area contributed by atoms with Crippen LogP contribution in [-0.2, 0) is 12.8 Å². The summed E-state index contributed by atoms with van der Waals surface area (Å²) < 4.78 is 26.6. The molecule has 0 aromatic heterocycles. The summed E-state index contributed by atoms with van der Waals surface area (Å²) >= 11 is 0. The van der Waals surface area contributed by atoms with Crippen LogP contribution in [-0.4, -0.2) is 6.04 Å². The lowest BCUT2D eigenvalue weighted by Crippen LogP contribution is -2.28.